The highest BCUT2D eigenvalue weighted by atomic mass is 35.5. The molecular weight excluding hydrogens is 350 g/mol. The molecule has 0 N–H and O–H groups in total. The van der Waals surface area contributed by atoms with Gasteiger partial charge in [-0.15, -0.1) is 0 Å². The Labute approximate surface area is 157 Å². The number of pyridine rings is 1. The third-order valence-electron chi connectivity index (χ3n) is 4.78. The number of nitrogens with zero attached hydrogens (tertiary/aromatic N) is 3. The second-order valence-corrected chi connectivity index (χ2v) is 7.18. The number of ether oxygens (including phenoxy) is 1. The molecule has 0 radical (unpaired) electrons. The maximum absolute atomic E-state index is 6.15. The fraction of sp³-hybridized carbons (Fsp3) is 0.350. The largest absolute Gasteiger partial charge is 0.481 e. The van der Waals surface area contributed by atoms with Crippen LogP contribution in [0.2, 0.25) is 5.02 Å². The topological polar surface area (TPSA) is 61.0 Å². The van der Waals surface area contributed by atoms with E-state index >= 15 is 0 Å². The molecule has 1 saturated carbocycles. The lowest BCUT2D eigenvalue weighted by Gasteiger charge is -2.11. The number of aromatic nitrogens is 3. The highest BCUT2D eigenvalue weighted by molar-refractivity contribution is 6.30. The highest BCUT2D eigenvalue weighted by Crippen LogP contribution is 2.36. The van der Waals surface area contributed by atoms with Crippen LogP contribution in [-0.2, 0) is 0 Å². The van der Waals surface area contributed by atoms with Crippen LogP contribution < -0.4 is 4.74 Å². The van der Waals surface area contributed by atoms with Gasteiger partial charge < -0.3 is 9.26 Å². The van der Waals surface area contributed by atoms with Crippen molar-refractivity contribution < 1.29 is 9.26 Å². The third kappa shape index (κ3) is 3.44. The zero-order valence-corrected chi connectivity index (χ0v) is 15.6. The van der Waals surface area contributed by atoms with E-state index in [0.717, 1.165) is 35.2 Å². The van der Waals surface area contributed by atoms with Crippen molar-refractivity contribution in [3.63, 3.8) is 0 Å². The molecule has 0 aliphatic heterocycles. The van der Waals surface area contributed by atoms with Gasteiger partial charge in [-0.2, -0.15) is 4.98 Å². The Hall–Kier alpha value is -2.40. The summed E-state index contributed by atoms with van der Waals surface area (Å²) in [6, 6.07) is 9.59. The van der Waals surface area contributed by atoms with E-state index in [0.29, 0.717) is 28.5 Å². The molecule has 0 spiro atoms. The maximum atomic E-state index is 6.15. The Morgan fingerprint density at radius 1 is 1.04 bits per heavy atom. The Balaban J connectivity index is 1.71. The summed E-state index contributed by atoms with van der Waals surface area (Å²) in [7, 11) is 1.62. The summed E-state index contributed by atoms with van der Waals surface area (Å²) in [4.78, 5) is 9.17. The molecule has 1 aliphatic carbocycles. The number of aryl methyl sites for hydroxylation is 1. The predicted octanol–water partition coefficient (Wildman–Crippen LogP) is 5.43. The van der Waals surface area contributed by atoms with Crippen molar-refractivity contribution in [2.45, 2.75) is 38.5 Å². The Morgan fingerprint density at radius 2 is 1.85 bits per heavy atom. The number of hydrogen-bond donors (Lipinski definition) is 0. The Kier molecular flexibility index (Phi) is 4.64. The molecule has 0 bridgehead atoms. The van der Waals surface area contributed by atoms with Crippen molar-refractivity contribution in [1.82, 2.24) is 15.1 Å². The summed E-state index contributed by atoms with van der Waals surface area (Å²) in [6.45, 7) is 1.98. The van der Waals surface area contributed by atoms with Crippen LogP contribution >= 0.6 is 11.6 Å². The average Bonchev–Trinajstić information content (AvgIpc) is 3.32. The molecule has 3 aromatic rings. The van der Waals surface area contributed by atoms with Gasteiger partial charge in [0.25, 0.3) is 5.89 Å². The summed E-state index contributed by atoms with van der Waals surface area (Å²) < 4.78 is 10.9. The van der Waals surface area contributed by atoms with E-state index in [4.69, 9.17) is 20.9 Å². The second kappa shape index (κ2) is 7.08. The van der Waals surface area contributed by atoms with Gasteiger partial charge in [-0.05, 0) is 49.6 Å². The number of methoxy groups -OCH3 is 1. The SMILES string of the molecule is COc1cc(-c2nc(-c3cc(C)cc(Cl)c3)no2)cc(C2CCCC2)n1. The fourth-order valence-corrected chi connectivity index (χ4v) is 3.80. The molecule has 0 amide bonds. The minimum absolute atomic E-state index is 0.456. The van der Waals surface area contributed by atoms with Crippen molar-refractivity contribution in [2.24, 2.45) is 0 Å². The van der Waals surface area contributed by atoms with Crippen LogP contribution in [0.15, 0.2) is 34.9 Å². The van der Waals surface area contributed by atoms with Crippen LogP contribution in [0.25, 0.3) is 22.8 Å². The number of rotatable bonds is 4. The molecule has 26 heavy (non-hydrogen) atoms. The van der Waals surface area contributed by atoms with Crippen LogP contribution in [-0.4, -0.2) is 22.2 Å². The van der Waals surface area contributed by atoms with E-state index in [-0.39, 0.29) is 0 Å². The van der Waals surface area contributed by atoms with Gasteiger partial charge in [0.1, 0.15) is 0 Å². The van der Waals surface area contributed by atoms with Gasteiger partial charge in [0, 0.05) is 33.8 Å². The van der Waals surface area contributed by atoms with Gasteiger partial charge in [0.2, 0.25) is 11.7 Å². The lowest BCUT2D eigenvalue weighted by atomic mass is 10.0. The molecule has 2 heterocycles. The summed E-state index contributed by atoms with van der Waals surface area (Å²) in [6.07, 6.45) is 4.82. The minimum atomic E-state index is 0.456. The highest BCUT2D eigenvalue weighted by Gasteiger charge is 2.21. The molecule has 4 rings (SSSR count). The van der Waals surface area contributed by atoms with Crippen LogP contribution in [0.1, 0.15) is 42.9 Å². The molecule has 0 unspecified atom stereocenters. The standard InChI is InChI=1S/C20H20ClN3O2/c1-12-7-14(9-16(21)8-12)19-23-20(26-24-19)15-10-17(13-5-3-4-6-13)22-18(11-15)25-2/h7-11,13H,3-6H2,1-2H3. The molecule has 6 heteroatoms. The first kappa shape index (κ1) is 17.0. The predicted molar refractivity (Wildman–Crippen MR) is 100 cm³/mol. The first-order chi connectivity index (χ1) is 12.6. The average molecular weight is 370 g/mol. The van der Waals surface area contributed by atoms with E-state index in [1.165, 1.54) is 12.8 Å². The van der Waals surface area contributed by atoms with Crippen LogP contribution in [0.5, 0.6) is 5.88 Å². The van der Waals surface area contributed by atoms with Crippen molar-refractivity contribution in [2.75, 3.05) is 7.11 Å². The zero-order valence-electron chi connectivity index (χ0n) is 14.8. The molecule has 134 valence electrons. The van der Waals surface area contributed by atoms with E-state index in [1.54, 1.807) is 7.11 Å². The molecule has 0 saturated heterocycles. The quantitative estimate of drug-likeness (QED) is 0.613. The molecule has 1 aliphatic rings. The lowest BCUT2D eigenvalue weighted by molar-refractivity contribution is 0.394. The lowest BCUT2D eigenvalue weighted by Crippen LogP contribution is -1.99. The molecule has 1 aromatic carbocycles. The van der Waals surface area contributed by atoms with E-state index in [9.17, 15) is 0 Å². The maximum Gasteiger partial charge on any atom is 0.258 e. The van der Waals surface area contributed by atoms with Gasteiger partial charge in [0.15, 0.2) is 0 Å². The minimum Gasteiger partial charge on any atom is -0.481 e. The molecular formula is C20H20ClN3O2. The zero-order chi connectivity index (χ0) is 18.1. The van der Waals surface area contributed by atoms with Gasteiger partial charge in [0.05, 0.1) is 7.11 Å². The van der Waals surface area contributed by atoms with E-state index < -0.39 is 0 Å². The van der Waals surface area contributed by atoms with E-state index in [1.807, 2.05) is 37.3 Å². The summed E-state index contributed by atoms with van der Waals surface area (Å²) in [5.41, 5.74) is 3.75. The molecule has 5 nitrogen and oxygen atoms in total. The first-order valence-corrected chi connectivity index (χ1v) is 9.18. The first-order valence-electron chi connectivity index (χ1n) is 8.80. The van der Waals surface area contributed by atoms with Gasteiger partial charge in [-0.25, -0.2) is 4.98 Å². The van der Waals surface area contributed by atoms with Crippen LogP contribution in [0.4, 0.5) is 0 Å². The van der Waals surface area contributed by atoms with Crippen LogP contribution in [0, 0.1) is 6.92 Å². The third-order valence-corrected chi connectivity index (χ3v) is 5.00. The Bertz CT molecular complexity index is 912. The monoisotopic (exact) mass is 369 g/mol. The molecule has 2 aromatic heterocycles. The number of halogens is 1. The smallest absolute Gasteiger partial charge is 0.258 e. The normalized spacial score (nSPS) is 14.7. The Morgan fingerprint density at radius 3 is 2.58 bits per heavy atom. The van der Waals surface area contributed by atoms with Crippen molar-refractivity contribution in [3.8, 4) is 28.7 Å². The van der Waals surface area contributed by atoms with Gasteiger partial charge in [-0.3, -0.25) is 0 Å². The second-order valence-electron chi connectivity index (χ2n) is 6.74. The molecule has 0 atom stereocenters. The number of benzene rings is 1. The van der Waals surface area contributed by atoms with Crippen LogP contribution in [0.3, 0.4) is 0 Å². The van der Waals surface area contributed by atoms with Crippen molar-refractivity contribution >= 4 is 11.6 Å². The van der Waals surface area contributed by atoms with Gasteiger partial charge >= 0.3 is 0 Å². The summed E-state index contributed by atoms with van der Waals surface area (Å²) in [5.74, 6) is 2.02. The summed E-state index contributed by atoms with van der Waals surface area (Å²) >= 11 is 6.15. The number of hydrogen-bond acceptors (Lipinski definition) is 5. The van der Waals surface area contributed by atoms with Crippen molar-refractivity contribution in [1.29, 1.82) is 0 Å². The van der Waals surface area contributed by atoms with Gasteiger partial charge in [-0.1, -0.05) is 29.6 Å². The van der Waals surface area contributed by atoms with Crippen molar-refractivity contribution in [3.05, 3.63) is 46.6 Å². The van der Waals surface area contributed by atoms with E-state index in [2.05, 4.69) is 15.1 Å². The fourth-order valence-electron chi connectivity index (χ4n) is 3.51. The summed E-state index contributed by atoms with van der Waals surface area (Å²) in [5, 5.41) is 4.77. The molecule has 1 fully saturated rings.